The molecule has 0 heterocycles. The standard InChI is InChI=1S/C39H56O15S3/c1-5-39(30-49-21-18-46-24-27-52-55(40,41)36-12-6-33(2)7-13-36,31-50-22-19-47-25-28-53-56(42,43)37-14-8-34(3)9-15-37)32-51-23-20-48-26-29-54-57(44,45)38-16-10-35(4)11-17-38/h6-17H,5,18-32H2,1-4H3. The van der Waals surface area contributed by atoms with Gasteiger partial charge in [0.1, 0.15) is 0 Å². The number of hydrogen-bond donors (Lipinski definition) is 0. The van der Waals surface area contributed by atoms with Gasteiger partial charge in [0, 0.05) is 5.41 Å². The summed E-state index contributed by atoms with van der Waals surface area (Å²) in [6.45, 7) is 9.25. The van der Waals surface area contributed by atoms with E-state index in [2.05, 4.69) is 0 Å². The molecule has 0 saturated heterocycles. The summed E-state index contributed by atoms with van der Waals surface area (Å²) in [6, 6.07) is 19.1. The van der Waals surface area contributed by atoms with E-state index in [-0.39, 0.29) is 114 Å². The third-order valence-corrected chi connectivity index (χ3v) is 12.4. The van der Waals surface area contributed by atoms with Gasteiger partial charge < -0.3 is 28.4 Å². The van der Waals surface area contributed by atoms with E-state index in [1.54, 1.807) is 36.4 Å². The highest BCUT2D eigenvalue weighted by molar-refractivity contribution is 7.87. The molecule has 0 aliphatic heterocycles. The first-order chi connectivity index (χ1) is 27.2. The second-order valence-corrected chi connectivity index (χ2v) is 18.0. The number of ether oxygens (including phenoxy) is 6. The van der Waals surface area contributed by atoms with Crippen LogP contribution in [0.4, 0.5) is 0 Å². The normalized spacial score (nSPS) is 12.6. The van der Waals surface area contributed by atoms with Crippen molar-refractivity contribution in [2.45, 2.75) is 48.8 Å². The summed E-state index contributed by atoms with van der Waals surface area (Å²) < 4.78 is 124. The fourth-order valence-corrected chi connectivity index (χ4v) is 7.56. The number of benzene rings is 3. The van der Waals surface area contributed by atoms with Gasteiger partial charge in [-0.3, -0.25) is 12.5 Å². The van der Waals surface area contributed by atoms with Crippen LogP contribution in [0.15, 0.2) is 87.5 Å². The van der Waals surface area contributed by atoms with E-state index in [9.17, 15) is 25.3 Å². The lowest BCUT2D eigenvalue weighted by Gasteiger charge is -2.32. The van der Waals surface area contributed by atoms with Gasteiger partial charge in [-0.15, -0.1) is 0 Å². The molecule has 3 aromatic rings. The van der Waals surface area contributed by atoms with Crippen molar-refractivity contribution in [2.24, 2.45) is 5.41 Å². The van der Waals surface area contributed by atoms with Gasteiger partial charge in [0.05, 0.1) is 114 Å². The Kier molecular flexibility index (Phi) is 21.2. The van der Waals surface area contributed by atoms with Crippen LogP contribution in [0.25, 0.3) is 0 Å². The maximum Gasteiger partial charge on any atom is 0.297 e. The van der Waals surface area contributed by atoms with Gasteiger partial charge in [-0.1, -0.05) is 60.0 Å². The molecular weight excluding hydrogens is 805 g/mol. The number of aryl methyl sites for hydroxylation is 3. The summed E-state index contributed by atoms with van der Waals surface area (Å²) >= 11 is 0. The van der Waals surface area contributed by atoms with Crippen LogP contribution in [-0.4, -0.2) is 124 Å². The minimum Gasteiger partial charge on any atom is -0.378 e. The van der Waals surface area contributed by atoms with Crippen LogP contribution in [0.2, 0.25) is 0 Å². The molecule has 57 heavy (non-hydrogen) atoms. The predicted octanol–water partition coefficient (Wildman–Crippen LogP) is 4.62. The molecule has 0 aromatic heterocycles. The van der Waals surface area contributed by atoms with Crippen LogP contribution >= 0.6 is 0 Å². The largest absolute Gasteiger partial charge is 0.378 e. The van der Waals surface area contributed by atoms with Gasteiger partial charge in [0.15, 0.2) is 0 Å². The Morgan fingerprint density at radius 1 is 0.368 bits per heavy atom. The first kappa shape index (κ1) is 48.5. The molecule has 0 aliphatic rings. The Morgan fingerprint density at radius 2 is 0.596 bits per heavy atom. The van der Waals surface area contributed by atoms with Gasteiger partial charge in [-0.2, -0.15) is 25.3 Å². The second-order valence-electron chi connectivity index (χ2n) is 13.1. The average molecular weight is 861 g/mol. The summed E-state index contributed by atoms with van der Waals surface area (Å²) in [7, 11) is -11.7. The predicted molar refractivity (Wildman–Crippen MR) is 211 cm³/mol. The molecule has 0 amide bonds. The third kappa shape index (κ3) is 18.3. The van der Waals surface area contributed by atoms with Crippen LogP contribution in [0, 0.1) is 26.2 Å². The van der Waals surface area contributed by atoms with Gasteiger partial charge in [-0.25, -0.2) is 0 Å². The summed E-state index contributed by atoms with van der Waals surface area (Å²) in [5, 5.41) is 0. The van der Waals surface area contributed by atoms with Crippen LogP contribution < -0.4 is 0 Å². The molecule has 15 nitrogen and oxygen atoms in total. The zero-order valence-electron chi connectivity index (χ0n) is 33.1. The Bertz CT molecular complexity index is 1680. The third-order valence-electron chi connectivity index (χ3n) is 8.42. The van der Waals surface area contributed by atoms with Gasteiger partial charge in [-0.05, 0) is 63.6 Å². The van der Waals surface area contributed by atoms with Crippen LogP contribution in [0.1, 0.15) is 30.0 Å². The summed E-state index contributed by atoms with van der Waals surface area (Å²) in [4.78, 5) is 0.227. The van der Waals surface area contributed by atoms with Gasteiger partial charge in [0.2, 0.25) is 0 Å². The van der Waals surface area contributed by atoms with E-state index in [4.69, 9.17) is 41.0 Å². The van der Waals surface area contributed by atoms with Crippen molar-refractivity contribution in [3.05, 3.63) is 89.5 Å². The monoisotopic (exact) mass is 860 g/mol. The van der Waals surface area contributed by atoms with Crippen LogP contribution in [-0.2, 0) is 71.3 Å². The molecule has 0 spiro atoms. The smallest absolute Gasteiger partial charge is 0.297 e. The fraction of sp³-hybridized carbons (Fsp3) is 0.538. The Balaban J connectivity index is 1.38. The Morgan fingerprint density at radius 3 is 0.842 bits per heavy atom. The molecule has 0 aliphatic carbocycles. The molecule has 0 bridgehead atoms. The zero-order valence-corrected chi connectivity index (χ0v) is 35.5. The summed E-state index contributed by atoms with van der Waals surface area (Å²) in [5.41, 5.74) is 2.24. The van der Waals surface area contributed by atoms with Crippen molar-refractivity contribution in [3.8, 4) is 0 Å². The highest BCUT2D eigenvalue weighted by atomic mass is 32.2. The maximum absolute atomic E-state index is 12.4. The zero-order chi connectivity index (χ0) is 41.6. The van der Waals surface area contributed by atoms with Crippen molar-refractivity contribution in [1.82, 2.24) is 0 Å². The molecular formula is C39H56O15S3. The minimum atomic E-state index is -3.89. The molecule has 320 valence electrons. The molecule has 0 fully saturated rings. The van der Waals surface area contributed by atoms with E-state index in [0.717, 1.165) is 16.7 Å². The molecule has 0 radical (unpaired) electrons. The van der Waals surface area contributed by atoms with Gasteiger partial charge in [0.25, 0.3) is 30.4 Å². The van der Waals surface area contributed by atoms with Gasteiger partial charge >= 0.3 is 0 Å². The van der Waals surface area contributed by atoms with Crippen molar-refractivity contribution in [3.63, 3.8) is 0 Å². The van der Waals surface area contributed by atoms with Crippen LogP contribution in [0.3, 0.4) is 0 Å². The van der Waals surface area contributed by atoms with E-state index >= 15 is 0 Å². The summed E-state index contributed by atoms with van der Waals surface area (Å²) in [5.74, 6) is 0. The average Bonchev–Trinajstić information content (AvgIpc) is 3.18. The second kappa shape index (κ2) is 24.9. The molecule has 3 aromatic carbocycles. The lowest BCUT2D eigenvalue weighted by molar-refractivity contribution is -0.0901. The lowest BCUT2D eigenvalue weighted by Crippen LogP contribution is -2.38. The number of rotatable bonds is 31. The highest BCUT2D eigenvalue weighted by Crippen LogP contribution is 2.24. The quantitative estimate of drug-likeness (QED) is 0.0644. The lowest BCUT2D eigenvalue weighted by atomic mass is 9.88. The molecule has 0 saturated carbocycles. The van der Waals surface area contributed by atoms with Crippen molar-refractivity contribution < 1.29 is 66.2 Å². The number of hydrogen-bond acceptors (Lipinski definition) is 15. The van der Waals surface area contributed by atoms with Crippen LogP contribution in [0.5, 0.6) is 0 Å². The summed E-state index contributed by atoms with van der Waals surface area (Å²) in [6.07, 6.45) is 0.621. The van der Waals surface area contributed by atoms with Crippen molar-refractivity contribution in [1.29, 1.82) is 0 Å². The highest BCUT2D eigenvalue weighted by Gasteiger charge is 2.30. The SMILES string of the molecule is CCC(COCCOCCOS(=O)(=O)c1ccc(C)cc1)(COCCOCCOS(=O)(=O)c1ccc(C)cc1)COCCOCCOS(=O)(=O)c1ccc(C)cc1. The minimum absolute atomic E-state index is 0.0471. The Labute approximate surface area is 338 Å². The van der Waals surface area contributed by atoms with Crippen molar-refractivity contribution >= 4 is 30.4 Å². The topological polar surface area (TPSA) is 185 Å². The molecule has 3 rings (SSSR count). The molecule has 18 heteroatoms. The first-order valence-corrected chi connectivity index (χ1v) is 22.8. The van der Waals surface area contributed by atoms with E-state index < -0.39 is 35.8 Å². The fourth-order valence-electron chi connectivity index (χ4n) is 4.88. The molecule has 0 atom stereocenters. The van der Waals surface area contributed by atoms with Crippen molar-refractivity contribution in [2.75, 3.05) is 99.1 Å². The van der Waals surface area contributed by atoms with E-state index in [0.29, 0.717) is 6.42 Å². The van der Waals surface area contributed by atoms with E-state index in [1.807, 2.05) is 27.7 Å². The molecule has 0 N–H and O–H groups in total. The van der Waals surface area contributed by atoms with E-state index in [1.165, 1.54) is 36.4 Å². The maximum atomic E-state index is 12.4. The first-order valence-electron chi connectivity index (χ1n) is 18.5. The Hall–Kier alpha value is -2.85. The molecule has 0 unspecified atom stereocenters.